The standard InChI is InChI=1S/C13H18N2/c1-2-13(14)15-9-7-11-5-3-4-6-12(11)8-10-15/h3-6,14H,2,7-10H2,1H3. The first-order chi connectivity index (χ1) is 7.31. The van der Waals surface area contributed by atoms with Crippen LogP contribution >= 0.6 is 0 Å². The zero-order chi connectivity index (χ0) is 10.7. The first-order valence-electron chi connectivity index (χ1n) is 5.70. The Kier molecular flexibility index (Phi) is 3.05. The topological polar surface area (TPSA) is 27.1 Å². The summed E-state index contributed by atoms with van der Waals surface area (Å²) in [7, 11) is 0. The van der Waals surface area contributed by atoms with Crippen molar-refractivity contribution in [3.8, 4) is 0 Å². The Morgan fingerprint density at radius 1 is 1.20 bits per heavy atom. The molecule has 1 aromatic rings. The van der Waals surface area contributed by atoms with E-state index in [0.717, 1.165) is 38.2 Å². The number of nitrogens with zero attached hydrogens (tertiary/aromatic N) is 1. The number of hydrogen-bond acceptors (Lipinski definition) is 1. The zero-order valence-corrected chi connectivity index (χ0v) is 9.29. The van der Waals surface area contributed by atoms with Crippen molar-refractivity contribution in [2.45, 2.75) is 26.2 Å². The van der Waals surface area contributed by atoms with Gasteiger partial charge in [0.25, 0.3) is 0 Å². The van der Waals surface area contributed by atoms with Gasteiger partial charge in [0.2, 0.25) is 0 Å². The number of rotatable bonds is 1. The van der Waals surface area contributed by atoms with Gasteiger partial charge in [-0.15, -0.1) is 0 Å². The molecule has 0 aromatic heterocycles. The summed E-state index contributed by atoms with van der Waals surface area (Å²) >= 11 is 0. The fourth-order valence-corrected chi connectivity index (χ4v) is 2.16. The third kappa shape index (κ3) is 2.20. The SMILES string of the molecule is CCC(=N)N1CCc2ccccc2CC1. The summed E-state index contributed by atoms with van der Waals surface area (Å²) in [5, 5.41) is 7.86. The summed E-state index contributed by atoms with van der Waals surface area (Å²) in [5.74, 6) is 0.780. The third-order valence-corrected chi connectivity index (χ3v) is 3.14. The lowest BCUT2D eigenvalue weighted by atomic mass is 10.0. The predicted molar refractivity (Wildman–Crippen MR) is 63.4 cm³/mol. The van der Waals surface area contributed by atoms with Crippen LogP contribution in [0.15, 0.2) is 24.3 Å². The number of benzene rings is 1. The Balaban J connectivity index is 2.12. The average molecular weight is 202 g/mol. The van der Waals surface area contributed by atoms with Gasteiger partial charge in [-0.3, -0.25) is 5.41 Å². The molecule has 0 bridgehead atoms. The summed E-state index contributed by atoms with van der Waals surface area (Å²) < 4.78 is 0. The second-order valence-electron chi connectivity index (χ2n) is 4.06. The minimum absolute atomic E-state index is 0.780. The van der Waals surface area contributed by atoms with Crippen LogP contribution in [0.5, 0.6) is 0 Å². The van der Waals surface area contributed by atoms with E-state index in [2.05, 4.69) is 36.1 Å². The van der Waals surface area contributed by atoms with Crippen LogP contribution in [-0.2, 0) is 12.8 Å². The van der Waals surface area contributed by atoms with Crippen molar-refractivity contribution in [1.82, 2.24) is 4.90 Å². The molecule has 0 aliphatic carbocycles. The van der Waals surface area contributed by atoms with Crippen molar-refractivity contribution in [2.24, 2.45) is 0 Å². The summed E-state index contributed by atoms with van der Waals surface area (Å²) in [6.45, 7) is 4.06. The second-order valence-corrected chi connectivity index (χ2v) is 4.06. The maximum absolute atomic E-state index is 7.86. The van der Waals surface area contributed by atoms with E-state index >= 15 is 0 Å². The van der Waals surface area contributed by atoms with Gasteiger partial charge < -0.3 is 4.90 Å². The van der Waals surface area contributed by atoms with Crippen molar-refractivity contribution < 1.29 is 0 Å². The molecule has 0 radical (unpaired) electrons. The van der Waals surface area contributed by atoms with Crippen LogP contribution in [0.4, 0.5) is 0 Å². The van der Waals surface area contributed by atoms with Crippen LogP contribution < -0.4 is 0 Å². The van der Waals surface area contributed by atoms with Crippen molar-refractivity contribution in [2.75, 3.05) is 13.1 Å². The molecule has 2 rings (SSSR count). The van der Waals surface area contributed by atoms with Crippen molar-refractivity contribution in [1.29, 1.82) is 5.41 Å². The minimum atomic E-state index is 0.780. The smallest absolute Gasteiger partial charge is 0.0955 e. The Hall–Kier alpha value is -1.31. The van der Waals surface area contributed by atoms with E-state index in [0.29, 0.717) is 0 Å². The van der Waals surface area contributed by atoms with Crippen molar-refractivity contribution in [3.05, 3.63) is 35.4 Å². The Morgan fingerprint density at radius 3 is 2.20 bits per heavy atom. The molecule has 0 saturated carbocycles. The molecule has 0 fully saturated rings. The molecule has 15 heavy (non-hydrogen) atoms. The summed E-state index contributed by atoms with van der Waals surface area (Å²) in [6.07, 6.45) is 3.01. The zero-order valence-electron chi connectivity index (χ0n) is 9.29. The molecule has 1 heterocycles. The third-order valence-electron chi connectivity index (χ3n) is 3.14. The van der Waals surface area contributed by atoms with E-state index in [4.69, 9.17) is 5.41 Å². The highest BCUT2D eigenvalue weighted by Crippen LogP contribution is 2.15. The first kappa shape index (κ1) is 10.2. The monoisotopic (exact) mass is 202 g/mol. The minimum Gasteiger partial charge on any atom is -0.360 e. The predicted octanol–water partition coefficient (Wildman–Crippen LogP) is 2.47. The van der Waals surface area contributed by atoms with Crippen molar-refractivity contribution in [3.63, 3.8) is 0 Å². The summed E-state index contributed by atoms with van der Waals surface area (Å²) in [5.41, 5.74) is 2.92. The van der Waals surface area contributed by atoms with Crippen molar-refractivity contribution >= 4 is 5.84 Å². The fourth-order valence-electron chi connectivity index (χ4n) is 2.16. The maximum atomic E-state index is 7.86. The van der Waals surface area contributed by atoms with Gasteiger partial charge in [-0.25, -0.2) is 0 Å². The molecule has 1 aliphatic rings. The molecule has 0 amide bonds. The van der Waals surface area contributed by atoms with Gasteiger partial charge in [-0.1, -0.05) is 31.2 Å². The molecular formula is C13H18N2. The molecule has 1 N–H and O–H groups in total. The Morgan fingerprint density at radius 2 is 1.73 bits per heavy atom. The van der Waals surface area contributed by atoms with E-state index in [1.165, 1.54) is 11.1 Å². The molecule has 80 valence electrons. The molecule has 2 nitrogen and oxygen atoms in total. The lowest BCUT2D eigenvalue weighted by molar-refractivity contribution is 0.428. The quantitative estimate of drug-likeness (QED) is 0.549. The number of amidine groups is 1. The van der Waals surface area contributed by atoms with E-state index in [9.17, 15) is 0 Å². The van der Waals surface area contributed by atoms with Gasteiger partial charge in [0.1, 0.15) is 0 Å². The lowest BCUT2D eigenvalue weighted by Gasteiger charge is -2.22. The van der Waals surface area contributed by atoms with Crippen LogP contribution in [0.2, 0.25) is 0 Å². The molecule has 1 aliphatic heterocycles. The summed E-state index contributed by atoms with van der Waals surface area (Å²) in [6, 6.07) is 8.65. The highest BCUT2D eigenvalue weighted by atomic mass is 15.2. The molecular weight excluding hydrogens is 184 g/mol. The van der Waals surface area contributed by atoms with E-state index in [1.807, 2.05) is 0 Å². The second kappa shape index (κ2) is 4.47. The molecule has 0 spiro atoms. The number of hydrogen-bond donors (Lipinski definition) is 1. The molecule has 0 saturated heterocycles. The van der Waals surface area contributed by atoms with Crippen LogP contribution in [0, 0.1) is 5.41 Å². The molecule has 2 heteroatoms. The summed E-state index contributed by atoms with van der Waals surface area (Å²) in [4.78, 5) is 2.21. The average Bonchev–Trinajstić information content (AvgIpc) is 2.50. The van der Waals surface area contributed by atoms with E-state index < -0.39 is 0 Å². The first-order valence-corrected chi connectivity index (χ1v) is 5.70. The number of nitrogens with one attached hydrogen (secondary N) is 1. The van der Waals surface area contributed by atoms with Crippen LogP contribution in [0.1, 0.15) is 24.5 Å². The van der Waals surface area contributed by atoms with Gasteiger partial charge >= 0.3 is 0 Å². The fraction of sp³-hybridized carbons (Fsp3) is 0.462. The molecule has 0 atom stereocenters. The highest BCUT2D eigenvalue weighted by Gasteiger charge is 2.14. The molecule has 1 aromatic carbocycles. The highest BCUT2D eigenvalue weighted by molar-refractivity contribution is 5.78. The maximum Gasteiger partial charge on any atom is 0.0955 e. The van der Waals surface area contributed by atoms with Gasteiger partial charge in [-0.05, 0) is 24.0 Å². The lowest BCUT2D eigenvalue weighted by Crippen LogP contribution is -2.32. The van der Waals surface area contributed by atoms with E-state index in [1.54, 1.807) is 0 Å². The van der Waals surface area contributed by atoms with Gasteiger partial charge in [0.15, 0.2) is 0 Å². The normalized spacial score (nSPS) is 15.7. The van der Waals surface area contributed by atoms with E-state index in [-0.39, 0.29) is 0 Å². The largest absolute Gasteiger partial charge is 0.360 e. The van der Waals surface area contributed by atoms with Crippen LogP contribution in [-0.4, -0.2) is 23.8 Å². The van der Waals surface area contributed by atoms with Gasteiger partial charge in [0.05, 0.1) is 5.84 Å². The van der Waals surface area contributed by atoms with Gasteiger partial charge in [0, 0.05) is 19.5 Å². The van der Waals surface area contributed by atoms with Crippen LogP contribution in [0.3, 0.4) is 0 Å². The van der Waals surface area contributed by atoms with Crippen LogP contribution in [0.25, 0.3) is 0 Å². The Labute approximate surface area is 91.4 Å². The number of fused-ring (bicyclic) bond motifs is 1. The molecule has 0 unspecified atom stereocenters. The Bertz CT molecular complexity index is 330. The van der Waals surface area contributed by atoms with Gasteiger partial charge in [-0.2, -0.15) is 0 Å².